The summed E-state index contributed by atoms with van der Waals surface area (Å²) in [6.45, 7) is 5.59. The Balaban J connectivity index is 3.30. The van der Waals surface area contributed by atoms with E-state index in [0.29, 0.717) is 13.1 Å². The lowest BCUT2D eigenvalue weighted by Gasteiger charge is -2.21. The molecule has 0 saturated heterocycles. The fourth-order valence-electron chi connectivity index (χ4n) is 4.56. The number of rotatable bonds is 33. The highest BCUT2D eigenvalue weighted by Crippen LogP contribution is 2.39. The molecule has 288 valence electrons. The van der Waals surface area contributed by atoms with Gasteiger partial charge >= 0.3 is 0 Å². The van der Waals surface area contributed by atoms with Crippen LogP contribution in [0, 0.1) is 0 Å². The van der Waals surface area contributed by atoms with E-state index in [1.54, 1.807) is 0 Å². The van der Waals surface area contributed by atoms with Gasteiger partial charge in [0.25, 0.3) is 5.91 Å². The number of benzene rings is 1. The molecule has 1 aromatic carbocycles. The minimum atomic E-state index is -1.14. The lowest BCUT2D eigenvalue weighted by molar-refractivity contribution is -0.128. The van der Waals surface area contributed by atoms with Crippen LogP contribution in [0.15, 0.2) is 12.1 Å². The largest absolute Gasteiger partial charge is 0.487 e. The maximum atomic E-state index is 13.7. The zero-order valence-corrected chi connectivity index (χ0v) is 30.0. The summed E-state index contributed by atoms with van der Waals surface area (Å²) in [6.07, 6.45) is 7.53. The Hall–Kier alpha value is -3.21. The van der Waals surface area contributed by atoms with E-state index in [-0.39, 0.29) is 114 Å². The lowest BCUT2D eigenvalue weighted by atomic mass is 10.1. The van der Waals surface area contributed by atoms with Crippen LogP contribution in [-0.4, -0.2) is 131 Å². The molecule has 0 aliphatic heterocycles. The van der Waals surface area contributed by atoms with Gasteiger partial charge < -0.3 is 59.7 Å². The molecule has 15 heteroatoms. The van der Waals surface area contributed by atoms with Gasteiger partial charge in [0.2, 0.25) is 17.6 Å². The van der Waals surface area contributed by atoms with E-state index in [4.69, 9.17) is 43.7 Å². The topological polar surface area (TPSA) is 203 Å². The molecule has 50 heavy (non-hydrogen) atoms. The van der Waals surface area contributed by atoms with Crippen LogP contribution in [0.3, 0.4) is 0 Å². The first-order valence-corrected chi connectivity index (χ1v) is 17.9. The summed E-state index contributed by atoms with van der Waals surface area (Å²) in [5.41, 5.74) is 0.0761. The van der Waals surface area contributed by atoms with Crippen LogP contribution < -0.4 is 30.2 Å². The second-order valence-corrected chi connectivity index (χ2v) is 11.3. The van der Waals surface area contributed by atoms with E-state index in [2.05, 4.69) is 29.8 Å². The fourth-order valence-corrected chi connectivity index (χ4v) is 4.56. The van der Waals surface area contributed by atoms with E-state index in [9.17, 15) is 14.4 Å². The first-order chi connectivity index (χ1) is 24.4. The molecular formula is C35H61N3O12. The van der Waals surface area contributed by atoms with Gasteiger partial charge in [0.15, 0.2) is 11.5 Å². The molecule has 1 rings (SSSR count). The summed E-state index contributed by atoms with van der Waals surface area (Å²) in [7, 11) is 0. The molecule has 1 aromatic rings. The van der Waals surface area contributed by atoms with Crippen molar-refractivity contribution in [1.82, 2.24) is 16.0 Å². The number of hydrogen-bond donors (Lipinski definition) is 6. The Kier molecular flexibility index (Phi) is 27.4. The second-order valence-electron chi connectivity index (χ2n) is 11.3. The summed E-state index contributed by atoms with van der Waals surface area (Å²) >= 11 is 0. The van der Waals surface area contributed by atoms with Gasteiger partial charge in [-0.1, -0.05) is 52.4 Å². The highest BCUT2D eigenvalue weighted by molar-refractivity contribution is 5.99. The number of carbonyl (C=O) groups excluding carboxylic acids is 3. The fraction of sp³-hybridized carbons (Fsp3) is 0.743. The van der Waals surface area contributed by atoms with Crippen molar-refractivity contribution in [3.05, 3.63) is 17.7 Å². The van der Waals surface area contributed by atoms with Crippen LogP contribution in [0.5, 0.6) is 17.2 Å². The Morgan fingerprint density at radius 1 is 0.620 bits per heavy atom. The van der Waals surface area contributed by atoms with E-state index >= 15 is 0 Å². The Bertz CT molecular complexity index is 1010. The number of ether oxygens (including phenoxy) is 6. The normalized spacial score (nSPS) is 11.5. The zero-order valence-electron chi connectivity index (χ0n) is 30.0. The molecule has 0 fully saturated rings. The highest BCUT2D eigenvalue weighted by Gasteiger charge is 2.26. The van der Waals surface area contributed by atoms with Crippen LogP contribution in [0.2, 0.25) is 0 Å². The molecule has 0 aliphatic rings. The SMILES string of the molecule is CCCCCCNC(=O)C[C@H](NC(=O)c1cc(OCCOCCO)c(OCCOCCO)c(OCCOCCO)c1)C(=O)NCCCCCC. The van der Waals surface area contributed by atoms with Crippen molar-refractivity contribution < 1.29 is 58.1 Å². The zero-order chi connectivity index (χ0) is 36.7. The summed E-state index contributed by atoms with van der Waals surface area (Å²) in [4.78, 5) is 39.9. The molecular weight excluding hydrogens is 654 g/mol. The molecule has 6 N–H and O–H groups in total. The lowest BCUT2D eigenvalue weighted by Crippen LogP contribution is -2.49. The van der Waals surface area contributed by atoms with Gasteiger partial charge in [-0.25, -0.2) is 0 Å². The first kappa shape index (κ1) is 44.8. The van der Waals surface area contributed by atoms with Crippen LogP contribution in [0.25, 0.3) is 0 Å². The molecule has 0 radical (unpaired) electrons. The minimum absolute atomic E-state index is 0.0446. The standard InChI is InChI=1S/C35H61N3O12/c1-3-5-7-9-11-36-32(42)27-29(35(44)37-12-10-8-6-4-2)38-34(43)28-25-30(48-22-19-45-16-13-39)33(50-24-21-47-18-15-41)31(26-28)49-23-20-46-17-14-40/h25-26,29,39-41H,3-24,27H2,1-2H3,(H,36,42)(H,37,44)(H,38,43)/t29-/m0/s1. The first-order valence-electron chi connectivity index (χ1n) is 17.9. The van der Waals surface area contributed by atoms with E-state index in [0.717, 1.165) is 51.4 Å². The third-order valence-electron chi connectivity index (χ3n) is 7.13. The molecule has 0 aliphatic carbocycles. The Morgan fingerprint density at radius 3 is 1.58 bits per heavy atom. The average molecular weight is 716 g/mol. The van der Waals surface area contributed by atoms with Gasteiger partial charge in [0, 0.05) is 18.7 Å². The third-order valence-corrected chi connectivity index (χ3v) is 7.13. The average Bonchev–Trinajstić information content (AvgIpc) is 3.11. The van der Waals surface area contributed by atoms with Crippen molar-refractivity contribution in [3.63, 3.8) is 0 Å². The number of nitrogens with one attached hydrogen (secondary N) is 3. The number of amides is 3. The molecule has 0 bridgehead atoms. The molecule has 0 unspecified atom stereocenters. The molecule has 15 nitrogen and oxygen atoms in total. The predicted molar refractivity (Wildman–Crippen MR) is 187 cm³/mol. The van der Waals surface area contributed by atoms with Gasteiger partial charge in [-0.2, -0.15) is 0 Å². The van der Waals surface area contributed by atoms with E-state index < -0.39 is 17.9 Å². The van der Waals surface area contributed by atoms with E-state index in [1.807, 2.05) is 0 Å². The molecule has 3 amide bonds. The van der Waals surface area contributed by atoms with Gasteiger partial charge in [0.05, 0.1) is 65.9 Å². The second kappa shape index (κ2) is 30.6. The Morgan fingerprint density at radius 2 is 1.10 bits per heavy atom. The summed E-state index contributed by atoms with van der Waals surface area (Å²) < 4.78 is 33.7. The van der Waals surface area contributed by atoms with Crippen LogP contribution in [0.1, 0.15) is 82.0 Å². The van der Waals surface area contributed by atoms with Crippen molar-refractivity contribution in [1.29, 1.82) is 0 Å². The number of carbonyl (C=O) groups is 3. The molecule has 0 saturated carbocycles. The van der Waals surface area contributed by atoms with Crippen molar-refractivity contribution >= 4 is 17.7 Å². The predicted octanol–water partition coefficient (Wildman–Crippen LogP) is 1.73. The summed E-state index contributed by atoms with van der Waals surface area (Å²) in [6, 6.07) is 1.73. The minimum Gasteiger partial charge on any atom is -0.487 e. The van der Waals surface area contributed by atoms with Crippen molar-refractivity contribution in [2.75, 3.05) is 92.4 Å². The van der Waals surface area contributed by atoms with Gasteiger partial charge in [-0.15, -0.1) is 0 Å². The smallest absolute Gasteiger partial charge is 0.252 e. The van der Waals surface area contributed by atoms with Crippen LogP contribution in [-0.2, 0) is 23.8 Å². The number of aliphatic hydroxyl groups is 3. The van der Waals surface area contributed by atoms with Crippen molar-refractivity contribution in [2.45, 2.75) is 77.7 Å². The summed E-state index contributed by atoms with van der Waals surface area (Å²) in [5.74, 6) is -1.01. The highest BCUT2D eigenvalue weighted by atomic mass is 16.6. The van der Waals surface area contributed by atoms with Crippen LogP contribution in [0.4, 0.5) is 0 Å². The molecule has 0 spiro atoms. The maximum Gasteiger partial charge on any atom is 0.252 e. The van der Waals surface area contributed by atoms with E-state index in [1.165, 1.54) is 12.1 Å². The molecule has 0 aromatic heterocycles. The quantitative estimate of drug-likeness (QED) is 0.0577. The number of aliphatic hydroxyl groups excluding tert-OH is 3. The number of hydrogen-bond acceptors (Lipinski definition) is 12. The molecule has 1 atom stereocenters. The molecule has 0 heterocycles. The summed E-state index contributed by atoms with van der Waals surface area (Å²) in [5, 5.41) is 35.5. The number of unbranched alkanes of at least 4 members (excludes halogenated alkanes) is 6. The maximum absolute atomic E-state index is 13.7. The van der Waals surface area contributed by atoms with Crippen molar-refractivity contribution in [2.24, 2.45) is 0 Å². The van der Waals surface area contributed by atoms with Crippen molar-refractivity contribution in [3.8, 4) is 17.2 Å². The van der Waals surface area contributed by atoms with Gasteiger partial charge in [-0.05, 0) is 25.0 Å². The van der Waals surface area contributed by atoms with Gasteiger partial charge in [0.1, 0.15) is 25.9 Å². The van der Waals surface area contributed by atoms with Crippen LogP contribution >= 0.6 is 0 Å². The third kappa shape index (κ3) is 21.1. The monoisotopic (exact) mass is 715 g/mol. The van der Waals surface area contributed by atoms with Gasteiger partial charge in [-0.3, -0.25) is 14.4 Å². The Labute approximate surface area is 296 Å².